The van der Waals surface area contributed by atoms with Crippen molar-refractivity contribution >= 4 is 40.9 Å². The van der Waals surface area contributed by atoms with Gasteiger partial charge in [0.1, 0.15) is 11.3 Å². The lowest BCUT2D eigenvalue weighted by Crippen LogP contribution is -2.55. The topological polar surface area (TPSA) is 104 Å². The fourth-order valence-electron chi connectivity index (χ4n) is 5.70. The Bertz CT molecular complexity index is 1750. The maximum atomic E-state index is 16.7. The first-order valence-electron chi connectivity index (χ1n) is 16.5. The van der Waals surface area contributed by atoms with E-state index in [1.54, 1.807) is 52.0 Å². The molecule has 51 heavy (non-hydrogen) atoms. The van der Waals surface area contributed by atoms with Crippen LogP contribution in [0.15, 0.2) is 48.7 Å². The van der Waals surface area contributed by atoms with E-state index < -0.39 is 52.7 Å². The highest BCUT2D eigenvalue weighted by Crippen LogP contribution is 2.40. The molecule has 2 aromatic carbocycles. The van der Waals surface area contributed by atoms with Gasteiger partial charge in [0.2, 0.25) is 11.8 Å². The fraction of sp³-hybridized carbons (Fsp3) is 0.444. The number of halogens is 5. The molecule has 0 spiro atoms. The second-order valence-electron chi connectivity index (χ2n) is 13.0. The van der Waals surface area contributed by atoms with Crippen molar-refractivity contribution in [2.24, 2.45) is 0 Å². The van der Waals surface area contributed by atoms with Gasteiger partial charge in [0.05, 0.1) is 23.4 Å². The summed E-state index contributed by atoms with van der Waals surface area (Å²) < 4.78 is 69.3. The molecule has 4 rings (SSSR count). The van der Waals surface area contributed by atoms with Crippen molar-refractivity contribution in [3.63, 3.8) is 0 Å². The Morgan fingerprint density at radius 3 is 2.43 bits per heavy atom. The Kier molecular flexibility index (Phi) is 12.4. The molecule has 0 bridgehead atoms. The minimum absolute atomic E-state index is 0.0164. The summed E-state index contributed by atoms with van der Waals surface area (Å²) in [5.74, 6) is -1.95. The van der Waals surface area contributed by atoms with Gasteiger partial charge >= 0.3 is 12.3 Å². The van der Waals surface area contributed by atoms with Crippen molar-refractivity contribution in [2.45, 2.75) is 65.3 Å². The molecule has 15 heteroatoms. The number of carbonyl (C=O) groups is 3. The van der Waals surface area contributed by atoms with Gasteiger partial charge in [-0.2, -0.15) is 13.2 Å². The lowest BCUT2D eigenvalue weighted by Gasteiger charge is -2.43. The van der Waals surface area contributed by atoms with Crippen LogP contribution in [-0.4, -0.2) is 84.2 Å². The van der Waals surface area contributed by atoms with E-state index in [2.05, 4.69) is 10.3 Å². The molecule has 3 amide bonds. The summed E-state index contributed by atoms with van der Waals surface area (Å²) in [7, 11) is 1.49. The van der Waals surface area contributed by atoms with Crippen LogP contribution in [0.25, 0.3) is 11.1 Å². The summed E-state index contributed by atoms with van der Waals surface area (Å²) in [6.45, 7) is 9.21. The number of piperazine rings is 1. The van der Waals surface area contributed by atoms with Crippen molar-refractivity contribution in [3.8, 4) is 17.0 Å². The highest BCUT2D eigenvalue weighted by atomic mass is 35.5. The molecule has 1 saturated heterocycles. The molecule has 1 aliphatic heterocycles. The Labute approximate surface area is 299 Å². The Morgan fingerprint density at radius 1 is 1.06 bits per heavy atom. The van der Waals surface area contributed by atoms with Crippen LogP contribution in [0.1, 0.15) is 63.4 Å². The number of nitrogens with zero attached hydrogens (tertiary/aromatic N) is 4. The number of hydrogen-bond donors (Lipinski definition) is 1. The largest absolute Gasteiger partial charge is 0.478 e. The average molecular weight is 736 g/mol. The molecule has 1 atom stereocenters. The summed E-state index contributed by atoms with van der Waals surface area (Å²) in [5, 5.41) is 2.55. The van der Waals surface area contributed by atoms with E-state index >= 15 is 4.39 Å². The average Bonchev–Trinajstić information content (AvgIpc) is 3.07. The van der Waals surface area contributed by atoms with Gasteiger partial charge in [0.15, 0.2) is 5.82 Å². The monoisotopic (exact) mass is 735 g/mol. The summed E-state index contributed by atoms with van der Waals surface area (Å²) in [6.07, 6.45) is -3.66. The summed E-state index contributed by atoms with van der Waals surface area (Å²) in [4.78, 5) is 47.9. The third kappa shape index (κ3) is 9.60. The molecule has 2 heterocycles. The number of benzene rings is 2. The second kappa shape index (κ2) is 16.2. The molecule has 0 radical (unpaired) electrons. The van der Waals surface area contributed by atoms with E-state index in [1.807, 2.05) is 11.8 Å². The van der Waals surface area contributed by atoms with Gasteiger partial charge in [-0.15, -0.1) is 0 Å². The van der Waals surface area contributed by atoms with E-state index in [0.717, 1.165) is 12.1 Å². The van der Waals surface area contributed by atoms with Crippen LogP contribution in [0, 0.1) is 5.82 Å². The number of anilines is 2. The second-order valence-corrected chi connectivity index (χ2v) is 13.4. The molecule has 0 aliphatic carbocycles. The molecule has 0 saturated carbocycles. The van der Waals surface area contributed by atoms with Gasteiger partial charge < -0.3 is 29.5 Å². The lowest BCUT2D eigenvalue weighted by molar-refractivity contribution is -0.138. The smallest absolute Gasteiger partial charge is 0.417 e. The van der Waals surface area contributed by atoms with Crippen molar-refractivity contribution in [3.05, 3.63) is 70.6 Å². The maximum Gasteiger partial charge on any atom is 0.417 e. The molecule has 1 aromatic heterocycles. The van der Waals surface area contributed by atoms with Crippen LogP contribution in [-0.2, 0) is 15.7 Å². The standard InChI is InChI=1S/C36H42ClF4N5O5/c1-7-23-21-45(33(48)26-12-11-22(37)20-27(26)36(39,40)41)18-19-46(23)28-14-13-24(25-10-9-16-42-32(25)50-8-2)30(38)31(28)43-29(47)15-17-44(6)34(49)51-35(3,4)5/h9-14,16,20,23H,7-8,15,17-19,21H2,1-6H3,(H,43,47)/t23-/m1/s1. The number of aromatic nitrogens is 1. The first kappa shape index (κ1) is 39.2. The molecule has 1 aliphatic rings. The molecular weight excluding hydrogens is 694 g/mol. The number of pyridine rings is 1. The first-order valence-corrected chi connectivity index (χ1v) is 16.9. The number of alkyl halides is 3. The number of rotatable bonds is 10. The third-order valence-electron chi connectivity index (χ3n) is 8.17. The quantitative estimate of drug-likeness (QED) is 0.211. The number of carbonyl (C=O) groups excluding carboxylic acids is 3. The molecule has 1 N–H and O–H groups in total. The molecule has 10 nitrogen and oxygen atoms in total. The van der Waals surface area contributed by atoms with E-state index in [4.69, 9.17) is 21.1 Å². The predicted octanol–water partition coefficient (Wildman–Crippen LogP) is 7.90. The Morgan fingerprint density at radius 2 is 1.78 bits per heavy atom. The summed E-state index contributed by atoms with van der Waals surface area (Å²) >= 11 is 5.83. The molecule has 0 unspecified atom stereocenters. The first-order chi connectivity index (χ1) is 23.9. The highest BCUT2D eigenvalue weighted by Gasteiger charge is 2.38. The Balaban J connectivity index is 1.67. The number of nitrogens with one attached hydrogen (secondary N) is 1. The van der Waals surface area contributed by atoms with Gasteiger partial charge in [-0.3, -0.25) is 9.59 Å². The summed E-state index contributed by atoms with van der Waals surface area (Å²) in [5.41, 5.74) is -1.74. The normalized spacial score (nSPS) is 15.0. The maximum absolute atomic E-state index is 16.7. The number of amides is 3. The molecular formula is C36H42ClF4N5O5. The van der Waals surface area contributed by atoms with Crippen LogP contribution < -0.4 is 15.0 Å². The van der Waals surface area contributed by atoms with E-state index in [9.17, 15) is 27.6 Å². The van der Waals surface area contributed by atoms with Gasteiger partial charge in [0, 0.05) is 68.0 Å². The fourth-order valence-corrected chi connectivity index (χ4v) is 5.87. The van der Waals surface area contributed by atoms with Crippen LogP contribution in [0.5, 0.6) is 5.88 Å². The highest BCUT2D eigenvalue weighted by molar-refractivity contribution is 6.30. The van der Waals surface area contributed by atoms with Crippen LogP contribution in [0.2, 0.25) is 5.02 Å². The number of ether oxygens (including phenoxy) is 2. The zero-order valence-electron chi connectivity index (χ0n) is 29.4. The Hall–Kier alpha value is -4.59. The van der Waals surface area contributed by atoms with Gasteiger partial charge in [-0.25, -0.2) is 14.2 Å². The van der Waals surface area contributed by atoms with E-state index in [1.165, 1.54) is 29.1 Å². The third-order valence-corrected chi connectivity index (χ3v) is 8.41. The van der Waals surface area contributed by atoms with Crippen molar-refractivity contribution < 1.29 is 41.4 Å². The SMILES string of the molecule is CCOc1ncccc1-c1ccc(N2CCN(C(=O)c3ccc(Cl)cc3C(F)(F)F)C[C@H]2CC)c(NC(=O)CCN(C)C(=O)OC(C)(C)C)c1F. The minimum atomic E-state index is -4.80. The lowest BCUT2D eigenvalue weighted by atomic mass is 10.0. The van der Waals surface area contributed by atoms with Crippen LogP contribution in [0.4, 0.5) is 33.7 Å². The molecule has 3 aromatic rings. The van der Waals surface area contributed by atoms with Crippen LogP contribution >= 0.6 is 11.6 Å². The van der Waals surface area contributed by atoms with Gasteiger partial charge in [-0.1, -0.05) is 18.5 Å². The van der Waals surface area contributed by atoms with Crippen LogP contribution in [0.3, 0.4) is 0 Å². The minimum Gasteiger partial charge on any atom is -0.478 e. The van der Waals surface area contributed by atoms with E-state index in [-0.39, 0.29) is 61.4 Å². The number of hydrogen-bond acceptors (Lipinski definition) is 7. The zero-order chi connectivity index (χ0) is 37.7. The predicted molar refractivity (Wildman–Crippen MR) is 187 cm³/mol. The molecule has 276 valence electrons. The van der Waals surface area contributed by atoms with Crippen molar-refractivity contribution in [1.29, 1.82) is 0 Å². The van der Waals surface area contributed by atoms with Crippen molar-refractivity contribution in [1.82, 2.24) is 14.8 Å². The van der Waals surface area contributed by atoms with E-state index in [0.29, 0.717) is 17.7 Å². The molecule has 1 fully saturated rings. The zero-order valence-corrected chi connectivity index (χ0v) is 30.1. The van der Waals surface area contributed by atoms with Crippen molar-refractivity contribution in [2.75, 3.05) is 50.1 Å². The van der Waals surface area contributed by atoms with Gasteiger partial charge in [-0.05, 0) is 76.6 Å². The summed E-state index contributed by atoms with van der Waals surface area (Å²) in [6, 6.07) is 9.04. The van der Waals surface area contributed by atoms with Gasteiger partial charge in [0.25, 0.3) is 5.91 Å².